The number of aromatic nitrogens is 3. The molecule has 2 fully saturated rings. The third kappa shape index (κ3) is 4.21. The Balaban J connectivity index is 1.08. The van der Waals surface area contributed by atoms with Crippen molar-refractivity contribution in [2.45, 2.75) is 76.9 Å². The zero-order valence-corrected chi connectivity index (χ0v) is 20.4. The fraction of sp³-hybridized carbons (Fsp3) is 0.500. The highest BCUT2D eigenvalue weighted by Crippen LogP contribution is 2.33. The molecule has 0 radical (unpaired) electrons. The van der Waals surface area contributed by atoms with E-state index in [9.17, 15) is 9.59 Å². The van der Waals surface area contributed by atoms with E-state index in [2.05, 4.69) is 16.5 Å². The van der Waals surface area contributed by atoms with Crippen LogP contribution in [-0.2, 0) is 6.54 Å². The summed E-state index contributed by atoms with van der Waals surface area (Å²) in [5, 5.41) is 8.76. The summed E-state index contributed by atoms with van der Waals surface area (Å²) in [5.41, 5.74) is 4.35. The van der Waals surface area contributed by atoms with Crippen molar-refractivity contribution >= 4 is 22.8 Å². The van der Waals surface area contributed by atoms with Crippen LogP contribution in [0.1, 0.15) is 89.4 Å². The largest absolute Gasteiger partial charge is 0.349 e. The number of rotatable bonds is 5. The maximum Gasteiger partial charge on any atom is 0.254 e. The topological polar surface area (TPSA) is 80.1 Å². The molecule has 3 aromatic rings. The van der Waals surface area contributed by atoms with Gasteiger partial charge in [0.2, 0.25) is 0 Å². The zero-order valence-electron chi connectivity index (χ0n) is 20.4. The van der Waals surface area contributed by atoms with Gasteiger partial charge in [-0.15, -0.1) is 0 Å². The number of nitrogens with zero attached hydrogens (tertiary/aromatic N) is 4. The molecule has 2 aliphatic carbocycles. The lowest BCUT2D eigenvalue weighted by atomic mass is 9.85. The Bertz CT molecular complexity index is 1270. The Morgan fingerprint density at radius 2 is 1.86 bits per heavy atom. The van der Waals surface area contributed by atoms with Crippen molar-refractivity contribution in [1.29, 1.82) is 0 Å². The highest BCUT2D eigenvalue weighted by atomic mass is 16.2. The van der Waals surface area contributed by atoms with Gasteiger partial charge in [0, 0.05) is 30.4 Å². The van der Waals surface area contributed by atoms with Crippen molar-refractivity contribution in [2.75, 3.05) is 6.54 Å². The van der Waals surface area contributed by atoms with Crippen LogP contribution in [0.25, 0.3) is 11.0 Å². The van der Waals surface area contributed by atoms with Crippen LogP contribution in [0.3, 0.4) is 0 Å². The van der Waals surface area contributed by atoms with Crippen molar-refractivity contribution in [3.05, 3.63) is 58.9 Å². The molecule has 1 N–H and O–H groups in total. The molecule has 0 saturated heterocycles. The quantitative estimate of drug-likeness (QED) is 0.580. The SMILES string of the molecule is Cc1cc(C(=O)NC2CCC(CN3Cc4ccccc4C3=O)CC2)c2cnn(C3CCCC3)c2n1. The van der Waals surface area contributed by atoms with E-state index in [-0.39, 0.29) is 17.9 Å². The molecule has 0 bridgehead atoms. The van der Waals surface area contributed by atoms with Gasteiger partial charge in [-0.3, -0.25) is 9.59 Å². The van der Waals surface area contributed by atoms with Crippen LogP contribution in [-0.4, -0.2) is 44.1 Å². The monoisotopic (exact) mass is 471 g/mol. The van der Waals surface area contributed by atoms with E-state index in [0.717, 1.165) is 79.5 Å². The Morgan fingerprint density at radius 3 is 2.63 bits per heavy atom. The van der Waals surface area contributed by atoms with E-state index in [1.54, 1.807) is 0 Å². The zero-order chi connectivity index (χ0) is 23.9. The van der Waals surface area contributed by atoms with Crippen LogP contribution >= 0.6 is 0 Å². The first kappa shape index (κ1) is 22.3. The highest BCUT2D eigenvalue weighted by molar-refractivity contribution is 6.05. The molecule has 2 saturated carbocycles. The maximum atomic E-state index is 13.3. The summed E-state index contributed by atoms with van der Waals surface area (Å²) in [6, 6.07) is 10.4. The minimum Gasteiger partial charge on any atom is -0.349 e. The summed E-state index contributed by atoms with van der Waals surface area (Å²) in [5.74, 6) is 0.618. The van der Waals surface area contributed by atoms with E-state index in [4.69, 9.17) is 4.98 Å². The summed E-state index contributed by atoms with van der Waals surface area (Å²) >= 11 is 0. The van der Waals surface area contributed by atoms with Gasteiger partial charge in [-0.2, -0.15) is 5.10 Å². The molecule has 0 spiro atoms. The number of amides is 2. The number of pyridine rings is 1. The molecule has 2 aromatic heterocycles. The van der Waals surface area contributed by atoms with Crippen molar-refractivity contribution in [3.8, 4) is 0 Å². The third-order valence-electron chi connectivity index (χ3n) is 8.17. The van der Waals surface area contributed by atoms with Crippen molar-refractivity contribution in [1.82, 2.24) is 25.0 Å². The van der Waals surface area contributed by atoms with E-state index in [1.807, 2.05) is 47.0 Å². The van der Waals surface area contributed by atoms with Gasteiger partial charge < -0.3 is 10.2 Å². The summed E-state index contributed by atoms with van der Waals surface area (Å²) in [4.78, 5) is 32.8. The Morgan fingerprint density at radius 1 is 1.09 bits per heavy atom. The summed E-state index contributed by atoms with van der Waals surface area (Å²) in [6.07, 6.45) is 10.5. The van der Waals surface area contributed by atoms with Crippen LogP contribution in [0, 0.1) is 12.8 Å². The first-order valence-electron chi connectivity index (χ1n) is 13.1. The number of carbonyl (C=O) groups is 2. The summed E-state index contributed by atoms with van der Waals surface area (Å²) < 4.78 is 2.04. The maximum absolute atomic E-state index is 13.3. The molecule has 6 rings (SSSR count). The average molecular weight is 472 g/mol. The van der Waals surface area contributed by atoms with Gasteiger partial charge in [0.05, 0.1) is 23.2 Å². The summed E-state index contributed by atoms with van der Waals surface area (Å²) in [7, 11) is 0. The summed E-state index contributed by atoms with van der Waals surface area (Å²) in [6.45, 7) is 3.47. The van der Waals surface area contributed by atoms with Crippen molar-refractivity contribution < 1.29 is 9.59 Å². The van der Waals surface area contributed by atoms with Crippen molar-refractivity contribution in [2.24, 2.45) is 5.92 Å². The van der Waals surface area contributed by atoms with E-state index in [1.165, 1.54) is 12.8 Å². The minimum absolute atomic E-state index is 0.0277. The van der Waals surface area contributed by atoms with Gasteiger partial charge in [0.15, 0.2) is 5.65 Å². The second-order valence-corrected chi connectivity index (χ2v) is 10.6. The lowest BCUT2D eigenvalue weighted by molar-refractivity contribution is 0.0732. The van der Waals surface area contributed by atoms with E-state index >= 15 is 0 Å². The normalized spacial score (nSPS) is 22.7. The van der Waals surface area contributed by atoms with Gasteiger partial charge in [-0.25, -0.2) is 9.67 Å². The van der Waals surface area contributed by atoms with E-state index in [0.29, 0.717) is 17.5 Å². The number of hydrogen-bond acceptors (Lipinski definition) is 4. The minimum atomic E-state index is -0.0277. The van der Waals surface area contributed by atoms with Crippen LogP contribution in [0.2, 0.25) is 0 Å². The second-order valence-electron chi connectivity index (χ2n) is 10.6. The lowest BCUT2D eigenvalue weighted by Crippen LogP contribution is -2.40. The number of aryl methyl sites for hydroxylation is 1. The van der Waals surface area contributed by atoms with E-state index < -0.39 is 0 Å². The number of nitrogens with one attached hydrogen (secondary N) is 1. The number of hydrogen-bond donors (Lipinski definition) is 1. The molecule has 1 aromatic carbocycles. The molecule has 7 nitrogen and oxygen atoms in total. The average Bonchev–Trinajstić information content (AvgIpc) is 3.60. The Kier molecular flexibility index (Phi) is 5.78. The molecule has 182 valence electrons. The predicted molar refractivity (Wildman–Crippen MR) is 134 cm³/mol. The molecule has 0 atom stereocenters. The molecule has 3 heterocycles. The molecule has 2 amide bonds. The van der Waals surface area contributed by atoms with Crippen LogP contribution in [0.4, 0.5) is 0 Å². The lowest BCUT2D eigenvalue weighted by Gasteiger charge is -2.31. The first-order chi connectivity index (χ1) is 17.1. The molecule has 35 heavy (non-hydrogen) atoms. The fourth-order valence-corrected chi connectivity index (χ4v) is 6.27. The standard InChI is InChI=1S/C28H33N5O2/c1-18-14-24(25-15-29-33(26(25)30-18)22-7-3-4-8-22)27(34)31-21-12-10-19(11-13-21)16-32-17-20-6-2-5-9-23(20)28(32)35/h2,5-6,9,14-15,19,21-22H,3-4,7-8,10-13,16-17H2,1H3,(H,31,34). The van der Waals surface area contributed by atoms with Gasteiger partial charge >= 0.3 is 0 Å². The highest BCUT2D eigenvalue weighted by Gasteiger charge is 2.31. The smallest absolute Gasteiger partial charge is 0.254 e. The molecule has 1 aliphatic heterocycles. The predicted octanol–water partition coefficient (Wildman–Crippen LogP) is 4.80. The van der Waals surface area contributed by atoms with Gasteiger partial charge in [-0.05, 0) is 69.1 Å². The Labute approximate surface area is 205 Å². The number of benzene rings is 1. The van der Waals surface area contributed by atoms with Crippen molar-refractivity contribution in [3.63, 3.8) is 0 Å². The Hall–Kier alpha value is -3.22. The molecule has 0 unspecified atom stereocenters. The molecule has 7 heteroatoms. The fourth-order valence-electron chi connectivity index (χ4n) is 6.27. The van der Waals surface area contributed by atoms with Crippen LogP contribution < -0.4 is 5.32 Å². The number of carbonyl (C=O) groups excluding carboxylic acids is 2. The third-order valence-corrected chi connectivity index (χ3v) is 8.17. The van der Waals surface area contributed by atoms with Gasteiger partial charge in [0.1, 0.15) is 0 Å². The van der Waals surface area contributed by atoms with Crippen LogP contribution in [0.5, 0.6) is 0 Å². The van der Waals surface area contributed by atoms with Gasteiger partial charge in [-0.1, -0.05) is 31.0 Å². The molecule has 3 aliphatic rings. The van der Waals surface area contributed by atoms with Crippen LogP contribution in [0.15, 0.2) is 36.5 Å². The molecular weight excluding hydrogens is 438 g/mol. The van der Waals surface area contributed by atoms with Gasteiger partial charge in [0.25, 0.3) is 11.8 Å². The molecular formula is C28H33N5O2. The second kappa shape index (κ2) is 9.10. The first-order valence-corrected chi connectivity index (χ1v) is 13.1. The number of fused-ring (bicyclic) bond motifs is 2.